The van der Waals surface area contributed by atoms with Crippen LogP contribution in [0.15, 0.2) is 24.3 Å². The Morgan fingerprint density at radius 3 is 2.52 bits per heavy atom. The fraction of sp³-hybridized carbons (Fsp3) is 0.500. The summed E-state index contributed by atoms with van der Waals surface area (Å²) < 4.78 is 40.2. The first-order chi connectivity index (χ1) is 9.83. The van der Waals surface area contributed by atoms with Crippen LogP contribution in [0.2, 0.25) is 0 Å². The fourth-order valence-corrected chi connectivity index (χ4v) is 2.37. The van der Waals surface area contributed by atoms with Gasteiger partial charge in [0, 0.05) is 17.6 Å². The minimum absolute atomic E-state index is 0.0180. The molecule has 1 aliphatic carbocycles. The lowest BCUT2D eigenvalue weighted by Gasteiger charge is -2.26. The van der Waals surface area contributed by atoms with Crippen LogP contribution in [0, 0.1) is 0 Å². The molecule has 116 valence electrons. The van der Waals surface area contributed by atoms with Crippen LogP contribution >= 0.6 is 0 Å². The van der Waals surface area contributed by atoms with Crippen molar-refractivity contribution in [2.45, 2.75) is 44.1 Å². The molecule has 1 fully saturated rings. The number of carbonyl (C=O) groups is 1. The van der Waals surface area contributed by atoms with Gasteiger partial charge >= 0.3 is 6.36 Å². The van der Waals surface area contributed by atoms with Gasteiger partial charge in [-0.2, -0.15) is 0 Å². The summed E-state index contributed by atoms with van der Waals surface area (Å²) in [6.07, 6.45) is -1.53. The van der Waals surface area contributed by atoms with Crippen LogP contribution in [0.1, 0.15) is 36.0 Å². The number of benzene rings is 1. The number of ether oxygens (including phenoxy) is 1. The van der Waals surface area contributed by atoms with Gasteiger partial charge in [-0.1, -0.05) is 6.07 Å². The van der Waals surface area contributed by atoms with Crippen molar-refractivity contribution in [3.8, 4) is 5.75 Å². The van der Waals surface area contributed by atoms with Crippen molar-refractivity contribution in [2.24, 2.45) is 5.73 Å². The van der Waals surface area contributed by atoms with Crippen molar-refractivity contribution in [2.75, 3.05) is 0 Å². The Balaban J connectivity index is 1.97. The summed E-state index contributed by atoms with van der Waals surface area (Å²) in [5, 5.41) is 2.81. The minimum atomic E-state index is -4.77. The molecule has 3 N–H and O–H groups in total. The number of nitrogens with one attached hydrogen (secondary N) is 1. The Morgan fingerprint density at radius 2 is 1.90 bits per heavy atom. The topological polar surface area (TPSA) is 64.3 Å². The summed E-state index contributed by atoms with van der Waals surface area (Å²) in [5.41, 5.74) is 5.93. The molecule has 4 nitrogen and oxygen atoms in total. The van der Waals surface area contributed by atoms with E-state index < -0.39 is 18.0 Å². The maximum absolute atomic E-state index is 12.1. The van der Waals surface area contributed by atoms with Gasteiger partial charge in [0.25, 0.3) is 5.91 Å². The molecule has 0 aromatic heterocycles. The SMILES string of the molecule is NC1CCC(NC(=O)c2cccc(OC(F)(F)F)c2)CC1. The normalized spacial score (nSPS) is 22.7. The molecule has 1 saturated carbocycles. The average molecular weight is 302 g/mol. The van der Waals surface area contributed by atoms with Crippen molar-refractivity contribution in [1.29, 1.82) is 0 Å². The minimum Gasteiger partial charge on any atom is -0.406 e. The first-order valence-corrected chi connectivity index (χ1v) is 6.76. The first kappa shape index (κ1) is 15.6. The molecular weight excluding hydrogens is 285 g/mol. The molecule has 1 aliphatic rings. The molecule has 0 spiro atoms. The van der Waals surface area contributed by atoms with Gasteiger partial charge in [0.1, 0.15) is 5.75 Å². The molecule has 1 amide bonds. The van der Waals surface area contributed by atoms with E-state index in [0.29, 0.717) is 0 Å². The molecule has 0 unspecified atom stereocenters. The van der Waals surface area contributed by atoms with E-state index in [1.165, 1.54) is 12.1 Å². The maximum Gasteiger partial charge on any atom is 0.573 e. The molecule has 0 saturated heterocycles. The molecular formula is C14H17F3N2O2. The number of halogens is 3. The number of alkyl halides is 3. The van der Waals surface area contributed by atoms with Crippen LogP contribution in [0.3, 0.4) is 0 Å². The summed E-state index contributed by atoms with van der Waals surface area (Å²) >= 11 is 0. The zero-order valence-corrected chi connectivity index (χ0v) is 11.3. The Kier molecular flexibility index (Phi) is 4.72. The number of carbonyl (C=O) groups excluding carboxylic acids is 1. The third-order valence-electron chi connectivity index (χ3n) is 3.44. The van der Waals surface area contributed by atoms with E-state index in [0.717, 1.165) is 37.8 Å². The summed E-state index contributed by atoms with van der Waals surface area (Å²) in [6.45, 7) is 0. The summed E-state index contributed by atoms with van der Waals surface area (Å²) in [5.74, 6) is -0.802. The highest BCUT2D eigenvalue weighted by atomic mass is 19.4. The number of hydrogen-bond acceptors (Lipinski definition) is 3. The zero-order valence-electron chi connectivity index (χ0n) is 11.3. The van der Waals surface area contributed by atoms with E-state index in [1.807, 2.05) is 0 Å². The highest BCUT2D eigenvalue weighted by Crippen LogP contribution is 2.23. The van der Waals surface area contributed by atoms with E-state index in [9.17, 15) is 18.0 Å². The monoisotopic (exact) mass is 302 g/mol. The fourth-order valence-electron chi connectivity index (χ4n) is 2.37. The predicted octanol–water partition coefficient (Wildman–Crippen LogP) is 2.58. The van der Waals surface area contributed by atoms with E-state index in [4.69, 9.17) is 5.73 Å². The Labute approximate surface area is 120 Å². The van der Waals surface area contributed by atoms with Gasteiger partial charge in [-0.25, -0.2) is 0 Å². The van der Waals surface area contributed by atoms with Crippen LogP contribution in [-0.4, -0.2) is 24.4 Å². The summed E-state index contributed by atoms with van der Waals surface area (Å²) in [6, 6.07) is 5.23. The van der Waals surface area contributed by atoms with E-state index >= 15 is 0 Å². The molecule has 0 atom stereocenters. The summed E-state index contributed by atoms with van der Waals surface area (Å²) in [4.78, 5) is 12.0. The van der Waals surface area contributed by atoms with Gasteiger partial charge < -0.3 is 15.8 Å². The predicted molar refractivity (Wildman–Crippen MR) is 70.8 cm³/mol. The highest BCUT2D eigenvalue weighted by molar-refractivity contribution is 5.94. The van der Waals surface area contributed by atoms with E-state index in [-0.39, 0.29) is 17.6 Å². The van der Waals surface area contributed by atoms with Crippen molar-refractivity contribution in [3.63, 3.8) is 0 Å². The second-order valence-electron chi connectivity index (χ2n) is 5.16. The van der Waals surface area contributed by atoms with E-state index in [2.05, 4.69) is 10.1 Å². The van der Waals surface area contributed by atoms with Crippen molar-refractivity contribution in [3.05, 3.63) is 29.8 Å². The van der Waals surface area contributed by atoms with Crippen LogP contribution < -0.4 is 15.8 Å². The summed E-state index contributed by atoms with van der Waals surface area (Å²) in [7, 11) is 0. The average Bonchev–Trinajstić information content (AvgIpc) is 2.40. The molecule has 0 aliphatic heterocycles. The molecule has 1 aromatic rings. The Morgan fingerprint density at radius 1 is 1.24 bits per heavy atom. The highest BCUT2D eigenvalue weighted by Gasteiger charge is 2.31. The second-order valence-corrected chi connectivity index (χ2v) is 5.16. The molecule has 21 heavy (non-hydrogen) atoms. The van der Waals surface area contributed by atoms with Gasteiger partial charge in [-0.05, 0) is 43.9 Å². The van der Waals surface area contributed by atoms with Crippen LogP contribution in [0.5, 0.6) is 5.75 Å². The van der Waals surface area contributed by atoms with Gasteiger partial charge in [-0.3, -0.25) is 4.79 Å². The lowest BCUT2D eigenvalue weighted by molar-refractivity contribution is -0.274. The maximum atomic E-state index is 12.1. The van der Waals surface area contributed by atoms with Crippen LogP contribution in [-0.2, 0) is 0 Å². The number of amides is 1. The molecule has 0 bridgehead atoms. The quantitative estimate of drug-likeness (QED) is 0.902. The molecule has 7 heteroatoms. The largest absolute Gasteiger partial charge is 0.573 e. The second kappa shape index (κ2) is 6.34. The number of rotatable bonds is 3. The Hall–Kier alpha value is -1.76. The van der Waals surface area contributed by atoms with Crippen molar-refractivity contribution < 1.29 is 22.7 Å². The first-order valence-electron chi connectivity index (χ1n) is 6.76. The number of nitrogens with two attached hydrogens (primary N) is 1. The molecule has 1 aromatic carbocycles. The molecule has 0 radical (unpaired) electrons. The lowest BCUT2D eigenvalue weighted by atomic mass is 9.91. The van der Waals surface area contributed by atoms with Crippen molar-refractivity contribution in [1.82, 2.24) is 5.32 Å². The van der Waals surface area contributed by atoms with Gasteiger partial charge in [0.05, 0.1) is 0 Å². The van der Waals surface area contributed by atoms with Gasteiger partial charge in [-0.15, -0.1) is 13.2 Å². The van der Waals surface area contributed by atoms with Crippen LogP contribution in [0.4, 0.5) is 13.2 Å². The molecule has 0 heterocycles. The zero-order chi connectivity index (χ0) is 15.5. The smallest absolute Gasteiger partial charge is 0.406 e. The molecule has 2 rings (SSSR count). The van der Waals surface area contributed by atoms with Crippen molar-refractivity contribution >= 4 is 5.91 Å². The third-order valence-corrected chi connectivity index (χ3v) is 3.44. The Bertz CT molecular complexity index is 497. The van der Waals surface area contributed by atoms with E-state index in [1.54, 1.807) is 0 Å². The van der Waals surface area contributed by atoms with Gasteiger partial charge in [0.2, 0.25) is 0 Å². The van der Waals surface area contributed by atoms with Gasteiger partial charge in [0.15, 0.2) is 0 Å². The standard InChI is InChI=1S/C14H17F3N2O2/c15-14(16,17)21-12-3-1-2-9(8-12)13(20)19-11-6-4-10(18)5-7-11/h1-3,8,10-11H,4-7,18H2,(H,19,20). The number of hydrogen-bond donors (Lipinski definition) is 2. The lowest BCUT2D eigenvalue weighted by Crippen LogP contribution is -2.40. The third kappa shape index (κ3) is 4.93. The van der Waals surface area contributed by atoms with Crippen LogP contribution in [0.25, 0.3) is 0 Å².